The fourth-order valence-electron chi connectivity index (χ4n) is 2.32. The van der Waals surface area contributed by atoms with Crippen molar-refractivity contribution >= 4 is 11.9 Å². The van der Waals surface area contributed by atoms with Crippen LogP contribution in [0.5, 0.6) is 0 Å². The molecule has 0 saturated heterocycles. The van der Waals surface area contributed by atoms with Crippen LogP contribution in [0.2, 0.25) is 0 Å². The van der Waals surface area contributed by atoms with Crippen molar-refractivity contribution in [1.82, 2.24) is 5.32 Å². The first-order valence-corrected chi connectivity index (χ1v) is 6.65. The van der Waals surface area contributed by atoms with Gasteiger partial charge in [0.1, 0.15) is 0 Å². The molecule has 0 aromatic rings. The Morgan fingerprint density at radius 1 is 1.44 bits per heavy atom. The molecule has 0 radical (unpaired) electrons. The van der Waals surface area contributed by atoms with Gasteiger partial charge in [-0.1, -0.05) is 26.7 Å². The average molecular weight is 256 g/mol. The van der Waals surface area contributed by atoms with Gasteiger partial charge in [0.2, 0.25) is 5.91 Å². The average Bonchev–Trinajstić information content (AvgIpc) is 2.29. The zero-order valence-electron chi connectivity index (χ0n) is 11.2. The van der Waals surface area contributed by atoms with Crippen LogP contribution >= 0.6 is 0 Å². The van der Waals surface area contributed by atoms with Crippen molar-refractivity contribution in [2.75, 3.05) is 6.54 Å². The molecule has 1 aliphatic rings. The molecule has 0 heterocycles. The first-order chi connectivity index (χ1) is 8.40. The summed E-state index contributed by atoms with van der Waals surface area (Å²) in [7, 11) is 0. The Labute approximate surface area is 108 Å². The second-order valence-corrected chi connectivity index (χ2v) is 5.55. The molecule has 0 spiro atoms. The Kier molecular flexibility index (Phi) is 5.14. The number of carbonyl (C=O) groups is 2. The van der Waals surface area contributed by atoms with Crippen LogP contribution in [0.3, 0.4) is 0 Å². The first kappa shape index (κ1) is 15.0. The van der Waals surface area contributed by atoms with Crippen molar-refractivity contribution in [3.8, 4) is 0 Å². The molecule has 1 rings (SSSR count). The largest absolute Gasteiger partial charge is 0.481 e. The van der Waals surface area contributed by atoms with Crippen molar-refractivity contribution in [1.29, 1.82) is 0 Å². The van der Waals surface area contributed by atoms with Crippen molar-refractivity contribution < 1.29 is 14.7 Å². The van der Waals surface area contributed by atoms with Crippen LogP contribution in [0.15, 0.2) is 0 Å². The normalized spacial score (nSPS) is 20.6. The molecule has 104 valence electrons. The second-order valence-electron chi connectivity index (χ2n) is 5.55. The number of aliphatic carboxylic acids is 1. The van der Waals surface area contributed by atoms with Gasteiger partial charge in [0.25, 0.3) is 0 Å². The number of rotatable bonds is 7. The number of nitrogens with two attached hydrogens (primary N) is 1. The van der Waals surface area contributed by atoms with Gasteiger partial charge in [0.15, 0.2) is 0 Å². The topological polar surface area (TPSA) is 92.4 Å². The predicted molar refractivity (Wildman–Crippen MR) is 69.0 cm³/mol. The highest BCUT2D eigenvalue weighted by molar-refractivity contribution is 5.81. The minimum atomic E-state index is -0.796. The molecule has 18 heavy (non-hydrogen) atoms. The fraction of sp³-hybridized carbons (Fsp3) is 0.846. The van der Waals surface area contributed by atoms with Crippen molar-refractivity contribution in [3.05, 3.63) is 0 Å². The Morgan fingerprint density at radius 2 is 2.06 bits per heavy atom. The molecule has 0 aromatic heterocycles. The van der Waals surface area contributed by atoms with Gasteiger partial charge in [-0.3, -0.25) is 9.59 Å². The highest BCUT2D eigenvalue weighted by Crippen LogP contribution is 2.43. The molecule has 0 bridgehead atoms. The van der Waals surface area contributed by atoms with Gasteiger partial charge in [-0.15, -0.1) is 0 Å². The van der Waals surface area contributed by atoms with Crippen LogP contribution in [-0.2, 0) is 9.59 Å². The first-order valence-electron chi connectivity index (χ1n) is 6.65. The van der Waals surface area contributed by atoms with E-state index in [4.69, 9.17) is 10.8 Å². The smallest absolute Gasteiger partial charge is 0.303 e. The molecular formula is C13H24N2O3. The molecule has 1 aliphatic carbocycles. The van der Waals surface area contributed by atoms with E-state index in [9.17, 15) is 9.59 Å². The van der Waals surface area contributed by atoms with Crippen molar-refractivity contribution in [2.45, 2.75) is 52.0 Å². The van der Waals surface area contributed by atoms with Crippen LogP contribution in [0.1, 0.15) is 46.0 Å². The van der Waals surface area contributed by atoms with E-state index < -0.39 is 12.0 Å². The molecule has 5 nitrogen and oxygen atoms in total. The minimum absolute atomic E-state index is 0.131. The van der Waals surface area contributed by atoms with Gasteiger partial charge in [-0.05, 0) is 24.2 Å². The van der Waals surface area contributed by atoms with Crippen molar-refractivity contribution in [3.63, 3.8) is 0 Å². The minimum Gasteiger partial charge on any atom is -0.481 e. The Bertz CT molecular complexity index is 313. The molecule has 5 heteroatoms. The van der Waals surface area contributed by atoms with Gasteiger partial charge >= 0.3 is 5.97 Å². The fourth-order valence-corrected chi connectivity index (χ4v) is 2.32. The van der Waals surface area contributed by atoms with E-state index in [1.54, 1.807) is 0 Å². The molecule has 2 atom stereocenters. The lowest BCUT2D eigenvalue weighted by molar-refractivity contribution is -0.142. The zero-order chi connectivity index (χ0) is 13.8. The molecule has 0 aliphatic heterocycles. The SMILES string of the molecule is CCC(C)C(N)C(=O)NCC1(CC(=O)O)CCC1. The quantitative estimate of drug-likeness (QED) is 0.636. The van der Waals surface area contributed by atoms with Gasteiger partial charge in [-0.2, -0.15) is 0 Å². The lowest BCUT2D eigenvalue weighted by Gasteiger charge is -2.41. The summed E-state index contributed by atoms with van der Waals surface area (Å²) in [6.07, 6.45) is 3.78. The zero-order valence-corrected chi connectivity index (χ0v) is 11.2. The number of hydrogen-bond donors (Lipinski definition) is 3. The third-order valence-electron chi connectivity index (χ3n) is 4.14. The summed E-state index contributed by atoms with van der Waals surface area (Å²) < 4.78 is 0. The maximum atomic E-state index is 11.8. The molecular weight excluding hydrogens is 232 g/mol. The molecule has 1 amide bonds. The van der Waals surface area contributed by atoms with Crippen LogP contribution in [-0.4, -0.2) is 29.6 Å². The summed E-state index contributed by atoms with van der Waals surface area (Å²) in [5, 5.41) is 11.7. The Hall–Kier alpha value is -1.10. The van der Waals surface area contributed by atoms with Crippen LogP contribution in [0, 0.1) is 11.3 Å². The summed E-state index contributed by atoms with van der Waals surface area (Å²) in [4.78, 5) is 22.6. The number of hydrogen-bond acceptors (Lipinski definition) is 3. The highest BCUT2D eigenvalue weighted by atomic mass is 16.4. The maximum Gasteiger partial charge on any atom is 0.303 e. The number of carboxylic acid groups (broad SMARTS) is 1. The van der Waals surface area contributed by atoms with Crippen molar-refractivity contribution in [2.24, 2.45) is 17.1 Å². The number of carboxylic acids is 1. The molecule has 2 unspecified atom stereocenters. The second kappa shape index (κ2) is 6.18. The number of carbonyl (C=O) groups excluding carboxylic acids is 1. The lowest BCUT2D eigenvalue weighted by Crippen LogP contribution is -2.50. The Balaban J connectivity index is 2.43. The van der Waals surface area contributed by atoms with E-state index in [0.717, 1.165) is 25.7 Å². The van der Waals surface area contributed by atoms with E-state index in [1.807, 2.05) is 13.8 Å². The lowest BCUT2D eigenvalue weighted by atomic mass is 9.66. The van der Waals surface area contributed by atoms with Gasteiger partial charge < -0.3 is 16.2 Å². The molecule has 1 fully saturated rings. The third-order valence-corrected chi connectivity index (χ3v) is 4.14. The summed E-state index contributed by atoms with van der Waals surface area (Å²) in [5.41, 5.74) is 5.59. The molecule has 4 N–H and O–H groups in total. The standard InChI is InChI=1S/C13H24N2O3/c1-3-9(2)11(14)12(18)15-8-13(5-4-6-13)7-10(16)17/h9,11H,3-8,14H2,1-2H3,(H,15,18)(H,16,17). The summed E-state index contributed by atoms with van der Waals surface area (Å²) >= 11 is 0. The Morgan fingerprint density at radius 3 is 2.44 bits per heavy atom. The van der Waals surface area contributed by atoms with E-state index in [1.165, 1.54) is 0 Å². The third kappa shape index (κ3) is 3.70. The van der Waals surface area contributed by atoms with Crippen LogP contribution in [0.25, 0.3) is 0 Å². The van der Waals surface area contributed by atoms with Crippen LogP contribution < -0.4 is 11.1 Å². The summed E-state index contributed by atoms with van der Waals surface area (Å²) in [6.45, 7) is 4.37. The van der Waals surface area contributed by atoms with Crippen LogP contribution in [0.4, 0.5) is 0 Å². The predicted octanol–water partition coefficient (Wildman–Crippen LogP) is 1.12. The van der Waals surface area contributed by atoms with Gasteiger partial charge in [-0.25, -0.2) is 0 Å². The monoisotopic (exact) mass is 256 g/mol. The molecule has 0 aromatic carbocycles. The highest BCUT2D eigenvalue weighted by Gasteiger charge is 2.39. The summed E-state index contributed by atoms with van der Waals surface area (Å²) in [5.74, 6) is -0.821. The molecule has 1 saturated carbocycles. The number of amides is 1. The van der Waals surface area contributed by atoms with E-state index in [2.05, 4.69) is 5.32 Å². The summed E-state index contributed by atoms with van der Waals surface area (Å²) in [6, 6.07) is -0.503. The van der Waals surface area contributed by atoms with E-state index >= 15 is 0 Å². The maximum absolute atomic E-state index is 11.8. The van der Waals surface area contributed by atoms with E-state index in [-0.39, 0.29) is 23.7 Å². The van der Waals surface area contributed by atoms with Gasteiger partial charge in [0.05, 0.1) is 12.5 Å². The van der Waals surface area contributed by atoms with E-state index in [0.29, 0.717) is 6.54 Å². The number of nitrogens with one attached hydrogen (secondary N) is 1. The van der Waals surface area contributed by atoms with Gasteiger partial charge in [0, 0.05) is 6.54 Å².